The minimum atomic E-state index is 0.471. The van der Waals surface area contributed by atoms with Gasteiger partial charge in [0.05, 0.1) is 6.54 Å². The lowest BCUT2D eigenvalue weighted by Gasteiger charge is -2.10. The van der Waals surface area contributed by atoms with E-state index in [4.69, 9.17) is 10.5 Å². The third kappa shape index (κ3) is 6.94. The van der Waals surface area contributed by atoms with E-state index < -0.39 is 0 Å². The first kappa shape index (κ1) is 16.2. The molecule has 1 rings (SSSR count). The highest BCUT2D eigenvalue weighted by molar-refractivity contribution is 5.77. The normalized spacial score (nSPS) is 11.7. The molecule has 0 fully saturated rings. The maximum Gasteiger partial charge on any atom is 0.213 e. The second-order valence-electron chi connectivity index (χ2n) is 4.78. The molecule has 0 aliphatic heterocycles. The summed E-state index contributed by atoms with van der Waals surface area (Å²) in [6.45, 7) is 4.92. The number of rotatable bonds is 8. The summed E-state index contributed by atoms with van der Waals surface area (Å²) in [5, 5.41) is 3.04. The Bertz CT molecular complexity index is 420. The van der Waals surface area contributed by atoms with Crippen LogP contribution in [0.4, 0.5) is 0 Å². The fourth-order valence-electron chi connectivity index (χ4n) is 1.45. The Morgan fingerprint density at radius 2 is 2.30 bits per heavy atom. The van der Waals surface area contributed by atoms with Gasteiger partial charge in [0.2, 0.25) is 5.88 Å². The van der Waals surface area contributed by atoms with Crippen LogP contribution in [0.25, 0.3) is 0 Å². The molecule has 1 aromatic rings. The summed E-state index contributed by atoms with van der Waals surface area (Å²) in [7, 11) is 4.02. The molecule has 0 aliphatic carbocycles. The van der Waals surface area contributed by atoms with E-state index in [1.807, 2.05) is 26.2 Å². The van der Waals surface area contributed by atoms with Crippen molar-refractivity contribution in [1.82, 2.24) is 15.2 Å². The van der Waals surface area contributed by atoms with Crippen molar-refractivity contribution in [3.05, 3.63) is 23.9 Å². The number of pyridine rings is 1. The Morgan fingerprint density at radius 3 is 3.00 bits per heavy atom. The summed E-state index contributed by atoms with van der Waals surface area (Å²) in [5.41, 5.74) is 6.77. The van der Waals surface area contributed by atoms with E-state index in [9.17, 15) is 0 Å². The van der Waals surface area contributed by atoms with Crippen molar-refractivity contribution in [2.24, 2.45) is 10.7 Å². The number of nitrogens with one attached hydrogen (secondary N) is 1. The summed E-state index contributed by atoms with van der Waals surface area (Å²) in [6, 6.07) is 3.81. The van der Waals surface area contributed by atoms with Crippen molar-refractivity contribution in [1.29, 1.82) is 0 Å². The van der Waals surface area contributed by atoms with Crippen LogP contribution in [-0.2, 0) is 6.54 Å². The SMILES string of the molecule is CCCNC(N)=NCc1ccnc(OCCN(C)C)c1. The summed E-state index contributed by atoms with van der Waals surface area (Å²) in [6.07, 6.45) is 2.75. The van der Waals surface area contributed by atoms with Crippen LogP contribution in [0.3, 0.4) is 0 Å². The zero-order valence-corrected chi connectivity index (χ0v) is 12.6. The minimum absolute atomic E-state index is 0.471. The first-order chi connectivity index (χ1) is 9.61. The van der Waals surface area contributed by atoms with Gasteiger partial charge >= 0.3 is 0 Å². The molecule has 0 bridgehead atoms. The standard InChI is InChI=1S/C14H25N5O/c1-4-6-17-14(15)18-11-12-5-7-16-13(10-12)20-9-8-19(2)3/h5,7,10H,4,6,8-9,11H2,1-3H3,(H3,15,17,18). The van der Waals surface area contributed by atoms with Gasteiger partial charge in [0.25, 0.3) is 0 Å². The zero-order valence-electron chi connectivity index (χ0n) is 12.6. The third-order valence-corrected chi connectivity index (χ3v) is 2.58. The summed E-state index contributed by atoms with van der Waals surface area (Å²) >= 11 is 0. The topological polar surface area (TPSA) is 75.8 Å². The molecule has 0 amide bonds. The number of ether oxygens (including phenoxy) is 1. The Morgan fingerprint density at radius 1 is 1.50 bits per heavy atom. The highest BCUT2D eigenvalue weighted by atomic mass is 16.5. The van der Waals surface area contributed by atoms with Gasteiger partial charge in [-0.2, -0.15) is 0 Å². The number of likely N-dealkylation sites (N-methyl/N-ethyl adjacent to an activating group) is 1. The van der Waals surface area contributed by atoms with E-state index in [0.717, 1.165) is 25.1 Å². The molecule has 0 saturated heterocycles. The van der Waals surface area contributed by atoms with E-state index in [2.05, 4.69) is 27.1 Å². The molecule has 0 spiro atoms. The molecule has 1 aromatic heterocycles. The number of hydrogen-bond donors (Lipinski definition) is 2. The fourth-order valence-corrected chi connectivity index (χ4v) is 1.45. The van der Waals surface area contributed by atoms with Crippen LogP contribution in [-0.4, -0.2) is 49.6 Å². The first-order valence-electron chi connectivity index (χ1n) is 6.88. The van der Waals surface area contributed by atoms with Gasteiger partial charge in [0, 0.05) is 25.4 Å². The van der Waals surface area contributed by atoms with Crippen molar-refractivity contribution >= 4 is 5.96 Å². The summed E-state index contributed by atoms with van der Waals surface area (Å²) in [5.74, 6) is 1.10. The molecule has 0 atom stereocenters. The Balaban J connectivity index is 2.46. The van der Waals surface area contributed by atoms with Gasteiger partial charge in [-0.15, -0.1) is 0 Å². The van der Waals surface area contributed by atoms with Crippen molar-refractivity contribution in [3.63, 3.8) is 0 Å². The van der Waals surface area contributed by atoms with Gasteiger partial charge in [-0.3, -0.25) is 0 Å². The predicted molar refractivity (Wildman–Crippen MR) is 81.9 cm³/mol. The Labute approximate surface area is 121 Å². The number of aliphatic imine (C=N–C) groups is 1. The van der Waals surface area contributed by atoms with Gasteiger partial charge < -0.3 is 20.7 Å². The van der Waals surface area contributed by atoms with Crippen LogP contribution in [0.5, 0.6) is 5.88 Å². The lowest BCUT2D eigenvalue weighted by atomic mass is 10.3. The third-order valence-electron chi connectivity index (χ3n) is 2.58. The highest BCUT2D eigenvalue weighted by Gasteiger charge is 1.99. The van der Waals surface area contributed by atoms with Crippen LogP contribution >= 0.6 is 0 Å². The van der Waals surface area contributed by atoms with E-state index in [-0.39, 0.29) is 0 Å². The largest absolute Gasteiger partial charge is 0.476 e. The summed E-state index contributed by atoms with van der Waals surface area (Å²) < 4.78 is 5.58. The predicted octanol–water partition coefficient (Wildman–Crippen LogP) is 0.836. The van der Waals surface area contributed by atoms with Crippen molar-refractivity contribution in [2.45, 2.75) is 19.9 Å². The molecule has 1 heterocycles. The van der Waals surface area contributed by atoms with Crippen molar-refractivity contribution in [3.8, 4) is 5.88 Å². The zero-order chi connectivity index (χ0) is 14.8. The lowest BCUT2D eigenvalue weighted by Crippen LogP contribution is -2.32. The molecule has 0 saturated carbocycles. The summed E-state index contributed by atoms with van der Waals surface area (Å²) in [4.78, 5) is 10.5. The molecule has 3 N–H and O–H groups in total. The number of nitrogens with two attached hydrogens (primary N) is 1. The lowest BCUT2D eigenvalue weighted by molar-refractivity contribution is 0.253. The second-order valence-corrected chi connectivity index (χ2v) is 4.78. The molecule has 0 radical (unpaired) electrons. The smallest absolute Gasteiger partial charge is 0.213 e. The van der Waals surface area contributed by atoms with Gasteiger partial charge in [0.15, 0.2) is 5.96 Å². The molecule has 0 aromatic carbocycles. The van der Waals surface area contributed by atoms with Crippen LogP contribution in [0, 0.1) is 0 Å². The molecular formula is C14H25N5O. The minimum Gasteiger partial charge on any atom is -0.476 e. The second kappa shape index (κ2) is 9.14. The molecule has 0 aliphatic rings. The van der Waals surface area contributed by atoms with Gasteiger partial charge in [-0.1, -0.05) is 6.92 Å². The van der Waals surface area contributed by atoms with E-state index in [1.165, 1.54) is 0 Å². The maximum atomic E-state index is 5.75. The van der Waals surface area contributed by atoms with E-state index in [0.29, 0.717) is 25.0 Å². The molecule has 0 unspecified atom stereocenters. The average molecular weight is 279 g/mol. The van der Waals surface area contributed by atoms with E-state index in [1.54, 1.807) is 6.20 Å². The molecule has 6 nitrogen and oxygen atoms in total. The van der Waals surface area contributed by atoms with Gasteiger partial charge in [-0.05, 0) is 32.1 Å². The highest BCUT2D eigenvalue weighted by Crippen LogP contribution is 2.10. The van der Waals surface area contributed by atoms with Crippen molar-refractivity contribution < 1.29 is 4.74 Å². The number of nitrogens with zero attached hydrogens (tertiary/aromatic N) is 3. The first-order valence-corrected chi connectivity index (χ1v) is 6.88. The number of guanidine groups is 1. The van der Waals surface area contributed by atoms with Gasteiger partial charge in [0.1, 0.15) is 6.61 Å². The Hall–Kier alpha value is -1.82. The quantitative estimate of drug-likeness (QED) is 0.545. The molecular weight excluding hydrogens is 254 g/mol. The van der Waals surface area contributed by atoms with E-state index >= 15 is 0 Å². The number of hydrogen-bond acceptors (Lipinski definition) is 4. The van der Waals surface area contributed by atoms with Crippen molar-refractivity contribution in [2.75, 3.05) is 33.8 Å². The van der Waals surface area contributed by atoms with Crippen LogP contribution < -0.4 is 15.8 Å². The average Bonchev–Trinajstić information content (AvgIpc) is 2.43. The van der Waals surface area contributed by atoms with Crippen LogP contribution in [0.15, 0.2) is 23.3 Å². The van der Waals surface area contributed by atoms with Gasteiger partial charge in [-0.25, -0.2) is 9.98 Å². The fraction of sp³-hybridized carbons (Fsp3) is 0.571. The maximum absolute atomic E-state index is 5.75. The molecule has 112 valence electrons. The Kier molecular flexibility index (Phi) is 7.42. The van der Waals surface area contributed by atoms with Crippen LogP contribution in [0.2, 0.25) is 0 Å². The monoisotopic (exact) mass is 279 g/mol. The molecule has 6 heteroatoms. The molecule has 20 heavy (non-hydrogen) atoms. The van der Waals surface area contributed by atoms with Crippen LogP contribution in [0.1, 0.15) is 18.9 Å². The number of aromatic nitrogens is 1.